The molecular formula is C23H21F3N2O2. The number of fused-ring (bicyclic) bond motifs is 1. The van der Waals surface area contributed by atoms with Crippen molar-refractivity contribution in [1.82, 2.24) is 4.57 Å². The molecule has 0 spiro atoms. The largest absolute Gasteiger partial charge is 0.490 e. The van der Waals surface area contributed by atoms with Gasteiger partial charge >= 0.3 is 6.18 Å². The maximum absolute atomic E-state index is 13.6. The molecule has 0 fully saturated rings. The molecule has 1 atom stereocenters. The van der Waals surface area contributed by atoms with E-state index in [1.54, 1.807) is 18.2 Å². The first-order valence-electron chi connectivity index (χ1n) is 9.59. The van der Waals surface area contributed by atoms with E-state index in [0.29, 0.717) is 17.7 Å². The topological polar surface area (TPSA) is 57.2 Å². The predicted molar refractivity (Wildman–Crippen MR) is 110 cm³/mol. The second-order valence-electron chi connectivity index (χ2n) is 7.69. The molecule has 0 bridgehead atoms. The summed E-state index contributed by atoms with van der Waals surface area (Å²) >= 11 is 0. The summed E-state index contributed by atoms with van der Waals surface area (Å²) in [7, 11) is 0. The van der Waals surface area contributed by atoms with Crippen LogP contribution in [-0.2, 0) is 19.1 Å². The van der Waals surface area contributed by atoms with E-state index in [9.17, 15) is 18.0 Å². The van der Waals surface area contributed by atoms with Gasteiger partial charge in [0.05, 0.1) is 17.8 Å². The van der Waals surface area contributed by atoms with E-state index < -0.39 is 23.0 Å². The average Bonchev–Trinajstić information content (AvgIpc) is 3.05. The van der Waals surface area contributed by atoms with E-state index in [1.807, 2.05) is 38.1 Å². The van der Waals surface area contributed by atoms with Crippen LogP contribution in [0.15, 0.2) is 53.3 Å². The van der Waals surface area contributed by atoms with Crippen molar-refractivity contribution in [3.63, 3.8) is 0 Å². The molecular weight excluding hydrogens is 393 g/mol. The highest BCUT2D eigenvalue weighted by Crippen LogP contribution is 2.37. The molecule has 0 saturated carbocycles. The lowest BCUT2D eigenvalue weighted by molar-refractivity contribution is -0.137. The van der Waals surface area contributed by atoms with Gasteiger partial charge in [0.15, 0.2) is 0 Å². The Balaban J connectivity index is 1.91. The zero-order valence-electron chi connectivity index (χ0n) is 16.6. The minimum Gasteiger partial charge on any atom is -0.490 e. The van der Waals surface area contributed by atoms with Crippen molar-refractivity contribution in [3.05, 3.63) is 81.1 Å². The number of hydrogen-bond donors (Lipinski definition) is 1. The molecule has 1 aliphatic rings. The van der Waals surface area contributed by atoms with Crippen molar-refractivity contribution >= 4 is 5.69 Å². The lowest BCUT2D eigenvalue weighted by Gasteiger charge is -2.19. The number of aromatic nitrogens is 1. The number of nitrogen functional groups attached to an aromatic ring is 1. The Bertz CT molecular complexity index is 1160. The van der Waals surface area contributed by atoms with E-state index in [-0.39, 0.29) is 18.3 Å². The van der Waals surface area contributed by atoms with Gasteiger partial charge in [0.2, 0.25) is 0 Å². The number of aryl methyl sites for hydroxylation is 1. The van der Waals surface area contributed by atoms with Crippen LogP contribution in [0, 0.1) is 6.92 Å². The van der Waals surface area contributed by atoms with E-state index in [2.05, 4.69) is 0 Å². The Hall–Kier alpha value is -3.22. The third-order valence-electron chi connectivity index (χ3n) is 5.30. The number of rotatable bonds is 3. The highest BCUT2D eigenvalue weighted by Gasteiger charge is 2.35. The third-order valence-corrected chi connectivity index (χ3v) is 5.30. The van der Waals surface area contributed by atoms with Crippen molar-refractivity contribution in [3.8, 4) is 17.0 Å². The van der Waals surface area contributed by atoms with Crippen LogP contribution in [0.5, 0.6) is 5.75 Å². The summed E-state index contributed by atoms with van der Waals surface area (Å²) < 4.78 is 47.6. The third kappa shape index (κ3) is 3.67. The fraction of sp³-hybridized carbons (Fsp3) is 0.261. The van der Waals surface area contributed by atoms with Crippen molar-refractivity contribution < 1.29 is 17.9 Å². The maximum atomic E-state index is 13.6. The molecule has 7 heteroatoms. The molecule has 1 aromatic heterocycles. The van der Waals surface area contributed by atoms with Gasteiger partial charge in [-0.15, -0.1) is 0 Å². The normalized spacial score (nSPS) is 15.7. The zero-order valence-corrected chi connectivity index (χ0v) is 16.6. The van der Waals surface area contributed by atoms with Crippen LogP contribution in [0.2, 0.25) is 0 Å². The number of nitrogens with zero attached hydrogens (tertiary/aromatic N) is 1. The van der Waals surface area contributed by atoms with Crippen LogP contribution in [0.3, 0.4) is 0 Å². The SMILES string of the molecule is Cc1ccc(Cn2c(-c3ccc4c(c3)CC(C)O4)cc(C(F)(F)F)c(N)c2=O)cc1. The first-order valence-corrected chi connectivity index (χ1v) is 9.59. The van der Waals surface area contributed by atoms with Gasteiger partial charge in [-0.2, -0.15) is 13.2 Å². The second-order valence-corrected chi connectivity index (χ2v) is 7.69. The molecule has 0 radical (unpaired) electrons. The van der Waals surface area contributed by atoms with Crippen molar-refractivity contribution in [2.45, 2.75) is 39.1 Å². The van der Waals surface area contributed by atoms with Gasteiger partial charge < -0.3 is 15.0 Å². The standard InChI is InChI=1S/C23H21F3N2O2/c1-13-3-5-15(6-4-13)12-28-19(11-18(23(24,25)26)21(27)22(28)29)16-7-8-20-17(10-16)9-14(2)30-20/h3-8,10-11,14H,9,12,27H2,1-2H3. The molecule has 0 aliphatic carbocycles. The number of benzene rings is 2. The Morgan fingerprint density at radius 1 is 1.13 bits per heavy atom. The Morgan fingerprint density at radius 3 is 2.50 bits per heavy atom. The van der Waals surface area contributed by atoms with Crippen LogP contribution in [-0.4, -0.2) is 10.7 Å². The molecule has 1 unspecified atom stereocenters. The molecule has 2 N–H and O–H groups in total. The summed E-state index contributed by atoms with van der Waals surface area (Å²) in [6.07, 6.45) is -4.07. The van der Waals surface area contributed by atoms with Gasteiger partial charge in [-0.25, -0.2) is 0 Å². The minimum absolute atomic E-state index is 0.00200. The Kier molecular flexibility index (Phi) is 4.84. The number of anilines is 1. The van der Waals surface area contributed by atoms with Crippen LogP contribution in [0.4, 0.5) is 18.9 Å². The smallest absolute Gasteiger partial charge is 0.418 e. The van der Waals surface area contributed by atoms with Gasteiger partial charge in [0.1, 0.15) is 17.5 Å². The highest BCUT2D eigenvalue weighted by molar-refractivity contribution is 5.67. The molecule has 3 aromatic rings. The number of pyridine rings is 1. The van der Waals surface area contributed by atoms with Crippen molar-refractivity contribution in [1.29, 1.82) is 0 Å². The van der Waals surface area contributed by atoms with Crippen molar-refractivity contribution in [2.24, 2.45) is 0 Å². The van der Waals surface area contributed by atoms with E-state index in [1.165, 1.54) is 4.57 Å². The quantitative estimate of drug-likeness (QED) is 0.670. The summed E-state index contributed by atoms with van der Waals surface area (Å²) in [5.74, 6) is 0.713. The number of nitrogens with two attached hydrogens (primary N) is 1. The molecule has 2 aromatic carbocycles. The number of ether oxygens (including phenoxy) is 1. The minimum atomic E-state index is -4.73. The fourth-order valence-corrected chi connectivity index (χ4v) is 3.75. The van der Waals surface area contributed by atoms with E-state index >= 15 is 0 Å². The Morgan fingerprint density at radius 2 is 1.83 bits per heavy atom. The Labute approximate surface area is 171 Å². The first-order chi connectivity index (χ1) is 14.1. The summed E-state index contributed by atoms with van der Waals surface area (Å²) in [5, 5.41) is 0. The van der Waals surface area contributed by atoms with Crippen molar-refractivity contribution in [2.75, 3.05) is 5.73 Å². The number of halogens is 3. The second kappa shape index (κ2) is 7.23. The molecule has 0 amide bonds. The zero-order chi connectivity index (χ0) is 21.6. The number of hydrogen-bond acceptors (Lipinski definition) is 3. The lowest BCUT2D eigenvalue weighted by Crippen LogP contribution is -2.28. The molecule has 4 nitrogen and oxygen atoms in total. The highest BCUT2D eigenvalue weighted by atomic mass is 19.4. The van der Waals surface area contributed by atoms with Crippen LogP contribution < -0.4 is 16.0 Å². The van der Waals surface area contributed by atoms with Gasteiger partial charge in [-0.3, -0.25) is 4.79 Å². The first kappa shape index (κ1) is 20.1. The summed E-state index contributed by atoms with van der Waals surface area (Å²) in [6.45, 7) is 3.98. The lowest BCUT2D eigenvalue weighted by atomic mass is 10.0. The molecule has 0 saturated heterocycles. The maximum Gasteiger partial charge on any atom is 0.418 e. The fourth-order valence-electron chi connectivity index (χ4n) is 3.75. The van der Waals surface area contributed by atoms with Crippen LogP contribution in [0.1, 0.15) is 29.2 Å². The van der Waals surface area contributed by atoms with Crippen LogP contribution >= 0.6 is 0 Å². The van der Waals surface area contributed by atoms with E-state index in [0.717, 1.165) is 22.8 Å². The monoisotopic (exact) mass is 414 g/mol. The van der Waals surface area contributed by atoms with Gasteiger partial charge in [0.25, 0.3) is 5.56 Å². The summed E-state index contributed by atoms with van der Waals surface area (Å²) in [4.78, 5) is 12.9. The van der Waals surface area contributed by atoms with Gasteiger partial charge in [-0.1, -0.05) is 29.8 Å². The number of alkyl halides is 3. The molecule has 4 rings (SSSR count). The van der Waals surface area contributed by atoms with Gasteiger partial charge in [0, 0.05) is 6.42 Å². The molecule has 30 heavy (non-hydrogen) atoms. The van der Waals surface area contributed by atoms with E-state index in [4.69, 9.17) is 10.5 Å². The molecule has 2 heterocycles. The predicted octanol–water partition coefficient (Wildman–Crippen LogP) is 4.80. The average molecular weight is 414 g/mol. The molecule has 1 aliphatic heterocycles. The van der Waals surface area contributed by atoms with Gasteiger partial charge in [-0.05, 0) is 54.8 Å². The summed E-state index contributed by atoms with van der Waals surface area (Å²) in [6, 6.07) is 13.6. The molecule has 156 valence electrons. The van der Waals surface area contributed by atoms with Crippen LogP contribution in [0.25, 0.3) is 11.3 Å². The summed E-state index contributed by atoms with van der Waals surface area (Å²) in [5.41, 5.74) is 6.29.